The lowest BCUT2D eigenvalue weighted by atomic mass is 10.1. The fraction of sp³-hybridized carbons (Fsp3) is 0.500. The molecule has 3 N–H and O–H groups in total. The molecule has 1 aliphatic heterocycles. The van der Waals surface area contributed by atoms with Gasteiger partial charge in [0.05, 0.1) is 5.69 Å². The van der Waals surface area contributed by atoms with Crippen LogP contribution >= 0.6 is 12.2 Å². The molecule has 0 bridgehead atoms. The summed E-state index contributed by atoms with van der Waals surface area (Å²) in [6.45, 7) is 4.02. The van der Waals surface area contributed by atoms with Crippen LogP contribution in [-0.4, -0.2) is 36.1 Å². The van der Waals surface area contributed by atoms with E-state index in [1.165, 1.54) is 25.3 Å². The summed E-state index contributed by atoms with van der Waals surface area (Å²) in [6, 6.07) is 4.82. The topological polar surface area (TPSA) is 41.3 Å². The van der Waals surface area contributed by atoms with E-state index in [9.17, 15) is 4.39 Å². The van der Waals surface area contributed by atoms with Crippen LogP contribution in [0.2, 0.25) is 0 Å². The van der Waals surface area contributed by atoms with Crippen LogP contribution < -0.4 is 11.1 Å². The number of benzene rings is 1. The quantitative estimate of drug-likeness (QED) is 0.813. The first-order valence-electron chi connectivity index (χ1n) is 6.72. The highest BCUT2D eigenvalue weighted by Crippen LogP contribution is 2.16. The van der Waals surface area contributed by atoms with Gasteiger partial charge in [-0.05, 0) is 44.1 Å². The van der Waals surface area contributed by atoms with Crippen LogP contribution in [0.3, 0.4) is 0 Å². The molecule has 5 heteroatoms. The standard InChI is InChI=1S/C14H20FN3S/c15-12-10-11(14(16)19)4-5-13(12)17-6-9-18-7-2-1-3-8-18/h4-5,10,17H,1-3,6-9H2,(H2,16,19). The van der Waals surface area contributed by atoms with Crippen molar-refractivity contribution in [3.05, 3.63) is 29.6 Å². The number of rotatable bonds is 5. The summed E-state index contributed by atoms with van der Waals surface area (Å²) in [6.07, 6.45) is 3.88. The lowest BCUT2D eigenvalue weighted by molar-refractivity contribution is 0.237. The molecular formula is C14H20FN3S. The molecule has 0 aliphatic carbocycles. The zero-order valence-corrected chi connectivity index (χ0v) is 11.8. The number of nitrogens with zero attached hydrogens (tertiary/aromatic N) is 1. The van der Waals surface area contributed by atoms with Gasteiger partial charge in [-0.25, -0.2) is 4.39 Å². The molecule has 1 aromatic carbocycles. The Bertz CT molecular complexity index is 444. The number of piperidine rings is 1. The molecular weight excluding hydrogens is 261 g/mol. The summed E-state index contributed by atoms with van der Waals surface area (Å²) in [7, 11) is 0. The van der Waals surface area contributed by atoms with E-state index in [0.29, 0.717) is 11.3 Å². The van der Waals surface area contributed by atoms with Gasteiger partial charge in [-0.2, -0.15) is 0 Å². The summed E-state index contributed by atoms with van der Waals surface area (Å²) in [4.78, 5) is 2.64. The Morgan fingerprint density at radius 1 is 1.32 bits per heavy atom. The van der Waals surface area contributed by atoms with E-state index in [1.807, 2.05) is 0 Å². The van der Waals surface area contributed by atoms with Crippen LogP contribution in [0, 0.1) is 5.82 Å². The number of anilines is 1. The highest BCUT2D eigenvalue weighted by molar-refractivity contribution is 7.80. The highest BCUT2D eigenvalue weighted by atomic mass is 32.1. The van der Waals surface area contributed by atoms with Crippen molar-refractivity contribution in [1.29, 1.82) is 0 Å². The van der Waals surface area contributed by atoms with Crippen LogP contribution in [0.4, 0.5) is 10.1 Å². The van der Waals surface area contributed by atoms with E-state index >= 15 is 0 Å². The van der Waals surface area contributed by atoms with Gasteiger partial charge in [0.2, 0.25) is 0 Å². The van der Waals surface area contributed by atoms with Crippen molar-refractivity contribution in [3.8, 4) is 0 Å². The molecule has 0 unspecified atom stereocenters. The number of hydrogen-bond acceptors (Lipinski definition) is 3. The van der Waals surface area contributed by atoms with E-state index in [1.54, 1.807) is 12.1 Å². The van der Waals surface area contributed by atoms with E-state index in [-0.39, 0.29) is 10.8 Å². The second-order valence-electron chi connectivity index (χ2n) is 4.89. The summed E-state index contributed by atoms with van der Waals surface area (Å²) >= 11 is 4.82. The zero-order valence-electron chi connectivity index (χ0n) is 11.0. The van der Waals surface area contributed by atoms with Crippen LogP contribution in [0.5, 0.6) is 0 Å². The maximum Gasteiger partial charge on any atom is 0.146 e. The van der Waals surface area contributed by atoms with Crippen LogP contribution in [0.25, 0.3) is 0 Å². The second kappa shape index (κ2) is 6.82. The molecule has 0 aromatic heterocycles. The maximum atomic E-state index is 13.8. The minimum absolute atomic E-state index is 0.221. The average molecular weight is 281 g/mol. The summed E-state index contributed by atoms with van der Waals surface area (Å²) in [5.41, 5.74) is 6.54. The minimum Gasteiger partial charge on any atom is -0.389 e. The van der Waals surface area contributed by atoms with Gasteiger partial charge >= 0.3 is 0 Å². The monoisotopic (exact) mass is 281 g/mol. The van der Waals surface area contributed by atoms with Gasteiger partial charge in [0, 0.05) is 18.7 Å². The molecule has 2 rings (SSSR count). The van der Waals surface area contributed by atoms with Crippen molar-refractivity contribution in [2.45, 2.75) is 19.3 Å². The molecule has 0 saturated carbocycles. The number of thiocarbonyl (C=S) groups is 1. The predicted octanol–water partition coefficient (Wildman–Crippen LogP) is 2.36. The number of nitrogens with one attached hydrogen (secondary N) is 1. The Morgan fingerprint density at radius 2 is 2.05 bits per heavy atom. The summed E-state index contributed by atoms with van der Waals surface area (Å²) in [5, 5.41) is 3.13. The second-order valence-corrected chi connectivity index (χ2v) is 5.33. The van der Waals surface area contributed by atoms with Crippen molar-refractivity contribution < 1.29 is 4.39 Å². The van der Waals surface area contributed by atoms with Gasteiger partial charge in [0.1, 0.15) is 10.8 Å². The Morgan fingerprint density at radius 3 is 2.68 bits per heavy atom. The largest absolute Gasteiger partial charge is 0.389 e. The van der Waals surface area contributed by atoms with Crippen LogP contribution in [0.15, 0.2) is 18.2 Å². The average Bonchev–Trinajstić information content (AvgIpc) is 2.41. The minimum atomic E-state index is -0.302. The van der Waals surface area contributed by atoms with E-state index in [0.717, 1.165) is 26.2 Å². The molecule has 1 heterocycles. The molecule has 1 aromatic rings. The Hall–Kier alpha value is -1.20. The number of nitrogens with two attached hydrogens (primary N) is 1. The van der Waals surface area contributed by atoms with Gasteiger partial charge in [0.25, 0.3) is 0 Å². The smallest absolute Gasteiger partial charge is 0.146 e. The fourth-order valence-electron chi connectivity index (χ4n) is 2.34. The van der Waals surface area contributed by atoms with Crippen molar-refractivity contribution in [3.63, 3.8) is 0 Å². The molecule has 0 spiro atoms. The zero-order chi connectivity index (χ0) is 13.7. The van der Waals surface area contributed by atoms with E-state index in [2.05, 4.69) is 10.2 Å². The number of hydrogen-bond donors (Lipinski definition) is 2. The normalized spacial score (nSPS) is 16.3. The van der Waals surface area contributed by atoms with E-state index in [4.69, 9.17) is 18.0 Å². The lowest BCUT2D eigenvalue weighted by Crippen LogP contribution is -2.33. The molecule has 3 nitrogen and oxygen atoms in total. The first kappa shape index (κ1) is 14.2. The van der Waals surface area contributed by atoms with Crippen molar-refractivity contribution in [2.75, 3.05) is 31.5 Å². The maximum absolute atomic E-state index is 13.8. The van der Waals surface area contributed by atoms with Gasteiger partial charge in [-0.3, -0.25) is 0 Å². The molecule has 1 aliphatic rings. The van der Waals surface area contributed by atoms with Gasteiger partial charge in [0.15, 0.2) is 0 Å². The van der Waals surface area contributed by atoms with Crippen molar-refractivity contribution >= 4 is 22.9 Å². The lowest BCUT2D eigenvalue weighted by Gasteiger charge is -2.26. The van der Waals surface area contributed by atoms with Crippen molar-refractivity contribution in [1.82, 2.24) is 4.90 Å². The first-order valence-corrected chi connectivity index (χ1v) is 7.13. The predicted molar refractivity (Wildman–Crippen MR) is 81.1 cm³/mol. The SMILES string of the molecule is NC(=S)c1ccc(NCCN2CCCCC2)c(F)c1. The summed E-state index contributed by atoms with van der Waals surface area (Å²) < 4.78 is 13.8. The van der Waals surface area contributed by atoms with Gasteiger partial charge in [-0.15, -0.1) is 0 Å². The van der Waals surface area contributed by atoms with Crippen molar-refractivity contribution in [2.24, 2.45) is 5.73 Å². The van der Waals surface area contributed by atoms with Gasteiger partial charge < -0.3 is 16.0 Å². The first-order chi connectivity index (χ1) is 9.16. The molecule has 104 valence electrons. The molecule has 0 atom stereocenters. The molecule has 0 amide bonds. The molecule has 19 heavy (non-hydrogen) atoms. The Labute approximate surface area is 119 Å². The van der Waals surface area contributed by atoms with E-state index < -0.39 is 0 Å². The Kier molecular flexibility index (Phi) is 5.10. The Balaban J connectivity index is 1.83. The summed E-state index contributed by atoms with van der Waals surface area (Å²) in [5.74, 6) is -0.302. The van der Waals surface area contributed by atoms with Crippen LogP contribution in [-0.2, 0) is 0 Å². The number of halogens is 1. The third kappa shape index (κ3) is 4.14. The molecule has 1 fully saturated rings. The third-order valence-corrected chi connectivity index (χ3v) is 3.68. The van der Waals surface area contributed by atoms with Gasteiger partial charge in [-0.1, -0.05) is 18.6 Å². The molecule has 0 radical (unpaired) electrons. The fourth-order valence-corrected chi connectivity index (χ4v) is 2.47. The molecule has 1 saturated heterocycles. The highest BCUT2D eigenvalue weighted by Gasteiger charge is 2.10. The van der Waals surface area contributed by atoms with Crippen LogP contribution in [0.1, 0.15) is 24.8 Å². The third-order valence-electron chi connectivity index (χ3n) is 3.45. The number of likely N-dealkylation sites (tertiary alicyclic amines) is 1.